The van der Waals surface area contributed by atoms with Crippen molar-refractivity contribution in [3.8, 4) is 0 Å². The van der Waals surface area contributed by atoms with Crippen LogP contribution in [0.5, 0.6) is 0 Å². The molecule has 7 heteroatoms. The Hall–Kier alpha value is -0.720. The summed E-state index contributed by atoms with van der Waals surface area (Å²) in [6, 6.07) is 0. The van der Waals surface area contributed by atoms with Gasteiger partial charge in [0.1, 0.15) is 5.69 Å². The summed E-state index contributed by atoms with van der Waals surface area (Å²) in [5, 5.41) is 6.83. The molecule has 2 rings (SSSR count). The maximum Gasteiger partial charge on any atom is 0.273 e. The highest BCUT2D eigenvalue weighted by molar-refractivity contribution is 7.98. The lowest BCUT2D eigenvalue weighted by Gasteiger charge is -2.34. The molecule has 0 bridgehead atoms. The largest absolute Gasteiger partial charge is 0.335 e. The Labute approximate surface area is 116 Å². The van der Waals surface area contributed by atoms with Crippen LogP contribution in [-0.4, -0.2) is 70.6 Å². The quantitative estimate of drug-likeness (QED) is 0.904. The monoisotopic (exact) mass is 288 g/mol. The summed E-state index contributed by atoms with van der Waals surface area (Å²) >= 11 is 7.75. The molecule has 0 unspecified atom stereocenters. The molecule has 1 amide bonds. The van der Waals surface area contributed by atoms with Crippen LogP contribution in [0.3, 0.4) is 0 Å². The summed E-state index contributed by atoms with van der Waals surface area (Å²) in [6.07, 6.45) is 3.57. The molecule has 0 atom stereocenters. The lowest BCUT2D eigenvalue weighted by atomic mass is 10.3. The van der Waals surface area contributed by atoms with Crippen molar-refractivity contribution >= 4 is 29.3 Å². The number of nitrogens with one attached hydrogen (secondary N) is 1. The van der Waals surface area contributed by atoms with Gasteiger partial charge in [0.2, 0.25) is 0 Å². The number of rotatable bonds is 4. The Morgan fingerprint density at radius 2 is 2.22 bits per heavy atom. The first-order chi connectivity index (χ1) is 8.72. The molecule has 1 fully saturated rings. The van der Waals surface area contributed by atoms with Gasteiger partial charge in [-0.2, -0.15) is 16.9 Å². The van der Waals surface area contributed by atoms with E-state index in [1.54, 1.807) is 0 Å². The lowest BCUT2D eigenvalue weighted by Crippen LogP contribution is -2.49. The standard InChI is InChI=1S/C11H17ClN4OS/c1-18-7-6-15-2-4-16(5-3-15)11(17)10-9(12)8-13-14-10/h8H,2-7H2,1H3,(H,13,14). The predicted octanol–water partition coefficient (Wildman–Crippen LogP) is 1.18. The Balaban J connectivity index is 1.86. The summed E-state index contributed by atoms with van der Waals surface area (Å²) in [5.74, 6) is 1.09. The van der Waals surface area contributed by atoms with Crippen molar-refractivity contribution in [2.75, 3.05) is 44.7 Å². The fraction of sp³-hybridized carbons (Fsp3) is 0.636. The second-order valence-corrected chi connectivity index (χ2v) is 5.61. The highest BCUT2D eigenvalue weighted by Crippen LogP contribution is 2.15. The number of hydrogen-bond donors (Lipinski definition) is 1. The fourth-order valence-electron chi connectivity index (χ4n) is 1.97. The Morgan fingerprint density at radius 3 is 2.78 bits per heavy atom. The van der Waals surface area contributed by atoms with E-state index in [9.17, 15) is 4.79 Å². The molecule has 0 radical (unpaired) electrons. The maximum absolute atomic E-state index is 12.1. The highest BCUT2D eigenvalue weighted by atomic mass is 35.5. The van der Waals surface area contributed by atoms with Crippen molar-refractivity contribution in [2.24, 2.45) is 0 Å². The molecule has 5 nitrogen and oxygen atoms in total. The van der Waals surface area contributed by atoms with E-state index in [4.69, 9.17) is 11.6 Å². The number of halogens is 1. The number of nitrogens with zero attached hydrogens (tertiary/aromatic N) is 3. The molecule has 100 valence electrons. The van der Waals surface area contributed by atoms with Crippen molar-refractivity contribution in [1.82, 2.24) is 20.0 Å². The van der Waals surface area contributed by atoms with Crippen LogP contribution in [0.2, 0.25) is 5.02 Å². The number of H-pyrrole nitrogens is 1. The molecular formula is C11H17ClN4OS. The molecule has 0 aliphatic carbocycles. The van der Waals surface area contributed by atoms with E-state index in [1.807, 2.05) is 16.7 Å². The van der Waals surface area contributed by atoms with Crippen molar-refractivity contribution in [3.63, 3.8) is 0 Å². The van der Waals surface area contributed by atoms with Crippen LogP contribution in [0, 0.1) is 0 Å². The number of carbonyl (C=O) groups is 1. The topological polar surface area (TPSA) is 52.2 Å². The number of piperazine rings is 1. The zero-order chi connectivity index (χ0) is 13.0. The van der Waals surface area contributed by atoms with Crippen LogP contribution in [-0.2, 0) is 0 Å². The summed E-state index contributed by atoms with van der Waals surface area (Å²) in [4.78, 5) is 16.4. The van der Waals surface area contributed by atoms with Gasteiger partial charge >= 0.3 is 0 Å². The van der Waals surface area contributed by atoms with E-state index in [1.165, 1.54) is 6.20 Å². The molecule has 1 saturated heterocycles. The van der Waals surface area contributed by atoms with Gasteiger partial charge in [-0.05, 0) is 6.26 Å². The van der Waals surface area contributed by atoms with E-state index in [0.29, 0.717) is 10.7 Å². The Morgan fingerprint density at radius 1 is 1.50 bits per heavy atom. The van der Waals surface area contributed by atoms with E-state index >= 15 is 0 Å². The summed E-state index contributed by atoms with van der Waals surface area (Å²) in [5.41, 5.74) is 0.397. The van der Waals surface area contributed by atoms with Gasteiger partial charge in [0.25, 0.3) is 5.91 Å². The summed E-state index contributed by atoms with van der Waals surface area (Å²) in [6.45, 7) is 4.45. The second-order valence-electron chi connectivity index (χ2n) is 4.22. The van der Waals surface area contributed by atoms with E-state index in [2.05, 4.69) is 21.4 Å². The van der Waals surface area contributed by atoms with Crippen molar-refractivity contribution in [2.45, 2.75) is 0 Å². The first-order valence-electron chi connectivity index (χ1n) is 5.92. The van der Waals surface area contributed by atoms with Gasteiger partial charge in [-0.3, -0.25) is 14.8 Å². The molecule has 1 aliphatic rings. The van der Waals surface area contributed by atoms with Crippen LogP contribution in [0.15, 0.2) is 6.20 Å². The molecule has 0 spiro atoms. The van der Waals surface area contributed by atoms with Crippen molar-refractivity contribution in [3.05, 3.63) is 16.9 Å². The average molecular weight is 289 g/mol. The third kappa shape index (κ3) is 3.18. The van der Waals surface area contributed by atoms with Gasteiger partial charge in [0.05, 0.1) is 11.2 Å². The van der Waals surface area contributed by atoms with Gasteiger partial charge in [-0.25, -0.2) is 0 Å². The van der Waals surface area contributed by atoms with Crippen molar-refractivity contribution < 1.29 is 4.79 Å². The number of carbonyl (C=O) groups excluding carboxylic acids is 1. The molecule has 18 heavy (non-hydrogen) atoms. The van der Waals surface area contributed by atoms with E-state index in [-0.39, 0.29) is 5.91 Å². The molecular weight excluding hydrogens is 272 g/mol. The third-order valence-corrected chi connectivity index (χ3v) is 3.96. The van der Waals surface area contributed by atoms with Gasteiger partial charge in [0, 0.05) is 38.5 Å². The molecule has 1 aromatic heterocycles. The van der Waals surface area contributed by atoms with Crippen molar-refractivity contribution in [1.29, 1.82) is 0 Å². The second kappa shape index (κ2) is 6.45. The number of thioether (sulfide) groups is 1. The highest BCUT2D eigenvalue weighted by Gasteiger charge is 2.24. The lowest BCUT2D eigenvalue weighted by molar-refractivity contribution is 0.0639. The number of amides is 1. The van der Waals surface area contributed by atoms with Gasteiger partial charge < -0.3 is 4.90 Å². The van der Waals surface area contributed by atoms with Crippen LogP contribution in [0.4, 0.5) is 0 Å². The Bertz CT molecular complexity index is 404. The average Bonchev–Trinajstić information content (AvgIpc) is 2.82. The molecule has 1 aromatic rings. The third-order valence-electron chi connectivity index (χ3n) is 3.08. The smallest absolute Gasteiger partial charge is 0.273 e. The fourth-order valence-corrected chi connectivity index (χ4v) is 2.59. The number of aromatic nitrogens is 2. The maximum atomic E-state index is 12.1. The first kappa shape index (κ1) is 13.7. The van der Waals surface area contributed by atoms with Gasteiger partial charge in [0.15, 0.2) is 0 Å². The molecule has 0 saturated carbocycles. The normalized spacial score (nSPS) is 17.1. The van der Waals surface area contributed by atoms with Gasteiger partial charge in [-0.1, -0.05) is 11.6 Å². The minimum Gasteiger partial charge on any atom is -0.335 e. The summed E-state index contributed by atoms with van der Waals surface area (Å²) in [7, 11) is 0. The van der Waals surface area contributed by atoms with Gasteiger partial charge in [-0.15, -0.1) is 0 Å². The molecule has 0 aromatic carbocycles. The zero-order valence-electron chi connectivity index (χ0n) is 10.4. The van der Waals surface area contributed by atoms with Crippen LogP contribution >= 0.6 is 23.4 Å². The minimum atomic E-state index is -0.0537. The SMILES string of the molecule is CSCCN1CCN(C(=O)c2[nH]ncc2Cl)CC1. The zero-order valence-corrected chi connectivity index (χ0v) is 11.9. The number of aromatic amines is 1. The van der Waals surface area contributed by atoms with Crippen LogP contribution in [0.25, 0.3) is 0 Å². The summed E-state index contributed by atoms with van der Waals surface area (Å²) < 4.78 is 0. The van der Waals surface area contributed by atoms with Crippen LogP contribution in [0.1, 0.15) is 10.5 Å². The Kier molecular flexibility index (Phi) is 4.91. The van der Waals surface area contributed by atoms with E-state index in [0.717, 1.165) is 38.5 Å². The van der Waals surface area contributed by atoms with E-state index < -0.39 is 0 Å². The first-order valence-corrected chi connectivity index (χ1v) is 7.69. The number of hydrogen-bond acceptors (Lipinski definition) is 4. The minimum absolute atomic E-state index is 0.0537. The predicted molar refractivity (Wildman–Crippen MR) is 74.3 cm³/mol. The molecule has 1 aliphatic heterocycles. The van der Waals surface area contributed by atoms with Crippen LogP contribution < -0.4 is 0 Å². The molecule has 2 heterocycles. The molecule has 1 N–H and O–H groups in total.